The summed E-state index contributed by atoms with van der Waals surface area (Å²) in [5.41, 5.74) is 6.08. The second-order valence-corrected chi connectivity index (χ2v) is 11.0. The molecule has 0 radical (unpaired) electrons. The second-order valence-electron chi connectivity index (χ2n) is 9.27. The SMILES string of the molecule is IOCc1ccccc1Sc1ccccc1CNc1nc(N[C@@H]2CCc3ccccc32)c2ccccc2n1. The average Bonchev–Trinajstić information content (AvgIpc) is 3.36. The van der Waals surface area contributed by atoms with Gasteiger partial charge in [0, 0.05) is 21.7 Å². The average molecular weight is 631 g/mol. The van der Waals surface area contributed by atoms with Gasteiger partial charge < -0.3 is 13.7 Å². The van der Waals surface area contributed by atoms with Crippen LogP contribution in [0, 0.1) is 0 Å². The van der Waals surface area contributed by atoms with Gasteiger partial charge in [-0.1, -0.05) is 84.6 Å². The Morgan fingerprint density at radius 1 is 0.816 bits per heavy atom. The van der Waals surface area contributed by atoms with Gasteiger partial charge in [0.25, 0.3) is 0 Å². The molecular formula is C31H27IN4OS. The van der Waals surface area contributed by atoms with Crippen molar-refractivity contribution >= 4 is 57.4 Å². The molecule has 38 heavy (non-hydrogen) atoms. The van der Waals surface area contributed by atoms with Crippen molar-refractivity contribution < 1.29 is 3.07 Å². The van der Waals surface area contributed by atoms with Gasteiger partial charge in [-0.05, 0) is 59.4 Å². The molecular weight excluding hydrogens is 603 g/mol. The summed E-state index contributed by atoms with van der Waals surface area (Å²) in [5, 5.41) is 8.27. The monoisotopic (exact) mass is 630 g/mol. The maximum absolute atomic E-state index is 5.38. The van der Waals surface area contributed by atoms with Gasteiger partial charge in [0.05, 0.1) is 18.2 Å². The number of nitrogens with one attached hydrogen (secondary N) is 2. The van der Waals surface area contributed by atoms with Crippen LogP contribution < -0.4 is 10.6 Å². The molecule has 0 bridgehead atoms. The number of fused-ring (bicyclic) bond motifs is 2. The fourth-order valence-corrected chi connectivity index (χ4v) is 6.36. The zero-order chi connectivity index (χ0) is 25.7. The number of rotatable bonds is 9. The lowest BCUT2D eigenvalue weighted by Gasteiger charge is -2.18. The van der Waals surface area contributed by atoms with Crippen LogP contribution in [0.5, 0.6) is 0 Å². The minimum absolute atomic E-state index is 0.251. The molecule has 0 fully saturated rings. The molecule has 5 aromatic rings. The van der Waals surface area contributed by atoms with E-state index in [4.69, 9.17) is 13.0 Å². The Kier molecular flexibility index (Phi) is 7.76. The Labute approximate surface area is 241 Å². The predicted octanol–water partition coefficient (Wildman–Crippen LogP) is 8.36. The van der Waals surface area contributed by atoms with E-state index in [1.54, 1.807) is 11.8 Å². The minimum Gasteiger partial charge on any atom is -0.363 e. The van der Waals surface area contributed by atoms with Crippen molar-refractivity contribution in [2.45, 2.75) is 41.8 Å². The highest BCUT2D eigenvalue weighted by Crippen LogP contribution is 2.36. The molecule has 190 valence electrons. The highest BCUT2D eigenvalue weighted by atomic mass is 127. The highest BCUT2D eigenvalue weighted by Gasteiger charge is 2.23. The van der Waals surface area contributed by atoms with E-state index in [1.807, 2.05) is 41.2 Å². The summed E-state index contributed by atoms with van der Waals surface area (Å²) in [4.78, 5) is 12.2. The summed E-state index contributed by atoms with van der Waals surface area (Å²) in [7, 11) is 0. The summed E-state index contributed by atoms with van der Waals surface area (Å²) in [6.45, 7) is 1.20. The summed E-state index contributed by atoms with van der Waals surface area (Å²) in [5.74, 6) is 1.49. The van der Waals surface area contributed by atoms with Crippen molar-refractivity contribution in [3.8, 4) is 0 Å². The molecule has 1 heterocycles. The molecule has 1 aromatic heterocycles. The van der Waals surface area contributed by atoms with Crippen LogP contribution in [-0.2, 0) is 22.6 Å². The first-order valence-electron chi connectivity index (χ1n) is 12.7. The number of benzene rings is 4. The quantitative estimate of drug-likeness (QED) is 0.160. The summed E-state index contributed by atoms with van der Waals surface area (Å²) < 4.78 is 5.38. The number of hydrogen-bond donors (Lipinski definition) is 2. The third-order valence-corrected chi connectivity index (χ3v) is 8.41. The summed E-state index contributed by atoms with van der Waals surface area (Å²) in [6.07, 6.45) is 2.15. The topological polar surface area (TPSA) is 59.1 Å². The first kappa shape index (κ1) is 25.2. The third-order valence-electron chi connectivity index (χ3n) is 6.86. The van der Waals surface area contributed by atoms with E-state index in [2.05, 4.69) is 89.5 Å². The van der Waals surface area contributed by atoms with Gasteiger partial charge in [-0.3, -0.25) is 0 Å². The minimum atomic E-state index is 0.251. The van der Waals surface area contributed by atoms with Crippen molar-refractivity contribution in [3.63, 3.8) is 0 Å². The highest BCUT2D eigenvalue weighted by molar-refractivity contribution is 14.1. The van der Waals surface area contributed by atoms with E-state index < -0.39 is 0 Å². The summed E-state index contributed by atoms with van der Waals surface area (Å²) in [6, 6.07) is 34.0. The van der Waals surface area contributed by atoms with E-state index in [1.165, 1.54) is 32.0 Å². The van der Waals surface area contributed by atoms with E-state index in [9.17, 15) is 0 Å². The Morgan fingerprint density at radius 2 is 1.53 bits per heavy atom. The Hall–Kier alpha value is -3.14. The van der Waals surface area contributed by atoms with E-state index in [-0.39, 0.29) is 6.04 Å². The number of halogens is 1. The largest absolute Gasteiger partial charge is 0.363 e. The molecule has 1 atom stereocenters. The van der Waals surface area contributed by atoms with Gasteiger partial charge >= 0.3 is 0 Å². The summed E-state index contributed by atoms with van der Waals surface area (Å²) >= 11 is 3.71. The van der Waals surface area contributed by atoms with Crippen molar-refractivity contribution in [2.24, 2.45) is 0 Å². The molecule has 4 aromatic carbocycles. The smallest absolute Gasteiger partial charge is 0.225 e. The van der Waals surface area contributed by atoms with Crippen molar-refractivity contribution in [2.75, 3.05) is 10.6 Å². The lowest BCUT2D eigenvalue weighted by molar-refractivity contribution is 0.414. The van der Waals surface area contributed by atoms with Crippen LogP contribution in [0.1, 0.15) is 34.7 Å². The van der Waals surface area contributed by atoms with Crippen LogP contribution in [0.3, 0.4) is 0 Å². The molecule has 0 saturated carbocycles. The van der Waals surface area contributed by atoms with E-state index in [0.717, 1.165) is 29.6 Å². The van der Waals surface area contributed by atoms with Gasteiger partial charge in [0.15, 0.2) is 0 Å². The van der Waals surface area contributed by atoms with Crippen molar-refractivity contribution in [3.05, 3.63) is 119 Å². The van der Waals surface area contributed by atoms with Crippen LogP contribution in [0.15, 0.2) is 107 Å². The first-order chi connectivity index (χ1) is 18.8. The van der Waals surface area contributed by atoms with Gasteiger partial charge in [0.1, 0.15) is 28.8 Å². The molecule has 0 saturated heterocycles. The first-order valence-corrected chi connectivity index (χ1v) is 14.4. The Bertz CT molecular complexity index is 1580. The van der Waals surface area contributed by atoms with Gasteiger partial charge in [0.2, 0.25) is 5.95 Å². The molecule has 5 nitrogen and oxygen atoms in total. The number of hydrogen-bond acceptors (Lipinski definition) is 6. The van der Waals surface area contributed by atoms with Crippen LogP contribution in [0.25, 0.3) is 10.9 Å². The van der Waals surface area contributed by atoms with E-state index in [0.29, 0.717) is 19.1 Å². The zero-order valence-electron chi connectivity index (χ0n) is 20.7. The fourth-order valence-electron chi connectivity index (χ4n) is 4.96. The van der Waals surface area contributed by atoms with E-state index >= 15 is 0 Å². The van der Waals surface area contributed by atoms with Crippen molar-refractivity contribution in [1.82, 2.24) is 9.97 Å². The van der Waals surface area contributed by atoms with Crippen LogP contribution in [0.2, 0.25) is 0 Å². The van der Waals surface area contributed by atoms with Gasteiger partial charge in [-0.25, -0.2) is 4.98 Å². The molecule has 0 spiro atoms. The predicted molar refractivity (Wildman–Crippen MR) is 164 cm³/mol. The molecule has 0 unspecified atom stereocenters. The normalized spacial score (nSPS) is 14.4. The third kappa shape index (κ3) is 5.50. The lowest BCUT2D eigenvalue weighted by Crippen LogP contribution is -2.11. The van der Waals surface area contributed by atoms with Crippen LogP contribution in [-0.4, -0.2) is 9.97 Å². The Morgan fingerprint density at radius 3 is 2.39 bits per heavy atom. The Balaban J connectivity index is 1.25. The maximum atomic E-state index is 5.38. The molecule has 1 aliphatic rings. The number of aryl methyl sites for hydroxylation is 1. The number of nitrogens with zero attached hydrogens (tertiary/aromatic N) is 2. The molecule has 6 rings (SSSR count). The standard InChI is InChI=1S/C31H27IN4OS/c32-37-20-23-11-3-8-16-29(23)38-28-15-7-2-10-22(28)19-33-31-35-26-14-6-5-13-25(26)30(36-31)34-27-18-17-21-9-1-4-12-24(21)27/h1-16,27H,17-20H2,(H2,33,34,35,36)/t27-/m1/s1. The molecule has 0 aliphatic heterocycles. The number of aromatic nitrogens is 2. The number of anilines is 2. The molecule has 1 aliphatic carbocycles. The zero-order valence-corrected chi connectivity index (χ0v) is 23.7. The maximum Gasteiger partial charge on any atom is 0.225 e. The molecule has 7 heteroatoms. The second kappa shape index (κ2) is 11.7. The number of para-hydroxylation sites is 1. The van der Waals surface area contributed by atoms with Crippen LogP contribution in [0.4, 0.5) is 11.8 Å². The van der Waals surface area contributed by atoms with Gasteiger partial charge in [-0.15, -0.1) is 0 Å². The molecule has 2 N–H and O–H groups in total. The van der Waals surface area contributed by atoms with Gasteiger partial charge in [-0.2, -0.15) is 4.98 Å². The van der Waals surface area contributed by atoms with Crippen molar-refractivity contribution in [1.29, 1.82) is 0 Å². The van der Waals surface area contributed by atoms with Crippen LogP contribution >= 0.6 is 34.8 Å². The molecule has 0 amide bonds. The lowest BCUT2D eigenvalue weighted by atomic mass is 10.1. The fraction of sp³-hybridized carbons (Fsp3) is 0.161.